The van der Waals surface area contributed by atoms with Crippen molar-refractivity contribution in [3.63, 3.8) is 0 Å². The van der Waals surface area contributed by atoms with Crippen molar-refractivity contribution in [2.45, 2.75) is 19.9 Å². The third-order valence-electron chi connectivity index (χ3n) is 3.41. The summed E-state index contributed by atoms with van der Waals surface area (Å²) in [6.07, 6.45) is 0.991. The monoisotopic (exact) mass is 284 g/mol. The number of rotatable bonds is 6. The highest BCUT2D eigenvalue weighted by atomic mass is 16.4. The molecule has 0 aliphatic rings. The maximum Gasteiger partial charge on any atom is 0.323 e. The van der Waals surface area contributed by atoms with Crippen molar-refractivity contribution in [1.29, 1.82) is 0 Å². The molecule has 21 heavy (non-hydrogen) atoms. The lowest BCUT2D eigenvalue weighted by Gasteiger charge is -2.24. The first-order valence-electron chi connectivity index (χ1n) is 6.99. The fourth-order valence-corrected chi connectivity index (χ4v) is 2.27. The average molecular weight is 284 g/mol. The number of aryl methyl sites for hydroxylation is 1. The second-order valence-corrected chi connectivity index (χ2v) is 4.98. The summed E-state index contributed by atoms with van der Waals surface area (Å²) < 4.78 is 0. The second kappa shape index (κ2) is 6.79. The van der Waals surface area contributed by atoms with Crippen molar-refractivity contribution < 1.29 is 9.90 Å². The molecule has 0 aliphatic carbocycles. The predicted octanol–water partition coefficient (Wildman–Crippen LogP) is 2.92. The normalized spacial score (nSPS) is 10.3. The molecule has 3 N–H and O–H groups in total. The van der Waals surface area contributed by atoms with Crippen LogP contribution in [0.4, 0.5) is 11.4 Å². The van der Waals surface area contributed by atoms with Crippen LogP contribution in [0.15, 0.2) is 48.5 Å². The predicted molar refractivity (Wildman–Crippen MR) is 85.4 cm³/mol. The lowest BCUT2D eigenvalue weighted by atomic mass is 10.1. The fourth-order valence-electron chi connectivity index (χ4n) is 2.27. The van der Waals surface area contributed by atoms with E-state index >= 15 is 0 Å². The Hall–Kier alpha value is -2.49. The zero-order chi connectivity index (χ0) is 15.2. The number of hydrogen-bond donors (Lipinski definition) is 2. The quantitative estimate of drug-likeness (QED) is 0.800. The minimum Gasteiger partial charge on any atom is -0.480 e. The van der Waals surface area contributed by atoms with E-state index in [1.165, 1.54) is 5.56 Å². The molecule has 4 nitrogen and oxygen atoms in total. The topological polar surface area (TPSA) is 66.6 Å². The van der Waals surface area contributed by atoms with Gasteiger partial charge >= 0.3 is 5.97 Å². The second-order valence-electron chi connectivity index (χ2n) is 4.98. The molecule has 0 saturated carbocycles. The molecule has 0 aromatic heterocycles. The van der Waals surface area contributed by atoms with E-state index in [2.05, 4.69) is 19.1 Å². The smallest absolute Gasteiger partial charge is 0.323 e. The van der Waals surface area contributed by atoms with Crippen LogP contribution in [0.3, 0.4) is 0 Å². The van der Waals surface area contributed by atoms with E-state index in [1.807, 2.05) is 30.3 Å². The van der Waals surface area contributed by atoms with Crippen LogP contribution in [0.5, 0.6) is 0 Å². The van der Waals surface area contributed by atoms with Gasteiger partial charge in [0.15, 0.2) is 0 Å². The Labute approximate surface area is 124 Å². The van der Waals surface area contributed by atoms with Crippen molar-refractivity contribution in [3.05, 3.63) is 59.7 Å². The minimum absolute atomic E-state index is 0.0796. The Morgan fingerprint density at radius 1 is 1.10 bits per heavy atom. The van der Waals surface area contributed by atoms with Crippen molar-refractivity contribution >= 4 is 17.3 Å². The van der Waals surface area contributed by atoms with Gasteiger partial charge in [-0.3, -0.25) is 4.79 Å². The molecule has 0 saturated heterocycles. The Kier molecular flexibility index (Phi) is 4.82. The number of hydrogen-bond acceptors (Lipinski definition) is 3. The van der Waals surface area contributed by atoms with Gasteiger partial charge in [0, 0.05) is 6.54 Å². The molecule has 110 valence electrons. The molecular formula is C17H20N2O2. The zero-order valence-corrected chi connectivity index (χ0v) is 12.1. The number of nitrogens with zero attached hydrogens (tertiary/aromatic N) is 1. The molecule has 0 spiro atoms. The number of carboxylic acid groups (broad SMARTS) is 1. The highest BCUT2D eigenvalue weighted by molar-refractivity contribution is 5.77. The van der Waals surface area contributed by atoms with Crippen LogP contribution in [0.1, 0.15) is 18.1 Å². The van der Waals surface area contributed by atoms with Crippen molar-refractivity contribution in [2.24, 2.45) is 0 Å². The Balaban J connectivity index is 2.23. The Bertz CT molecular complexity index is 608. The number of carboxylic acids is 1. The highest BCUT2D eigenvalue weighted by Crippen LogP contribution is 2.24. The molecule has 4 heteroatoms. The van der Waals surface area contributed by atoms with Gasteiger partial charge in [0.2, 0.25) is 0 Å². The Morgan fingerprint density at radius 2 is 1.71 bits per heavy atom. The molecular weight excluding hydrogens is 264 g/mol. The van der Waals surface area contributed by atoms with Crippen molar-refractivity contribution in [1.82, 2.24) is 0 Å². The van der Waals surface area contributed by atoms with Gasteiger partial charge in [-0.15, -0.1) is 0 Å². The summed E-state index contributed by atoms with van der Waals surface area (Å²) in [7, 11) is 0. The summed E-state index contributed by atoms with van der Waals surface area (Å²) in [5.74, 6) is -0.872. The summed E-state index contributed by atoms with van der Waals surface area (Å²) in [4.78, 5) is 12.9. The average Bonchev–Trinajstić information content (AvgIpc) is 2.47. The third kappa shape index (κ3) is 3.99. The number of benzene rings is 2. The first-order valence-corrected chi connectivity index (χ1v) is 6.99. The lowest BCUT2D eigenvalue weighted by molar-refractivity contribution is -0.135. The van der Waals surface area contributed by atoms with Gasteiger partial charge in [-0.2, -0.15) is 0 Å². The SMILES string of the molecule is CCc1ccc(CN(CC(=O)O)c2ccccc2N)cc1. The summed E-state index contributed by atoms with van der Waals surface area (Å²) in [5, 5.41) is 9.11. The van der Waals surface area contributed by atoms with E-state index in [9.17, 15) is 4.79 Å². The van der Waals surface area contributed by atoms with E-state index in [4.69, 9.17) is 10.8 Å². The summed E-state index contributed by atoms with van der Waals surface area (Å²) in [6, 6.07) is 15.5. The molecule has 0 aliphatic heterocycles. The summed E-state index contributed by atoms with van der Waals surface area (Å²) >= 11 is 0. The zero-order valence-electron chi connectivity index (χ0n) is 12.1. The fraction of sp³-hybridized carbons (Fsp3) is 0.235. The Morgan fingerprint density at radius 3 is 2.29 bits per heavy atom. The van der Waals surface area contributed by atoms with E-state index in [1.54, 1.807) is 11.0 Å². The first-order chi connectivity index (χ1) is 10.1. The number of aliphatic carboxylic acids is 1. The van der Waals surface area contributed by atoms with Crippen LogP contribution >= 0.6 is 0 Å². The maximum absolute atomic E-state index is 11.1. The summed E-state index contributed by atoms with van der Waals surface area (Å²) in [6.45, 7) is 2.55. The van der Waals surface area contributed by atoms with Gasteiger partial charge in [0.05, 0.1) is 11.4 Å². The number of nitrogens with two attached hydrogens (primary N) is 1. The lowest BCUT2D eigenvalue weighted by Crippen LogP contribution is -2.29. The van der Waals surface area contributed by atoms with Crippen molar-refractivity contribution in [2.75, 3.05) is 17.2 Å². The first kappa shape index (κ1) is 14.9. The molecule has 2 aromatic rings. The molecule has 2 rings (SSSR count). The molecule has 0 fully saturated rings. The van der Waals surface area contributed by atoms with Gasteiger partial charge in [-0.25, -0.2) is 0 Å². The number of anilines is 2. The van der Waals surface area contributed by atoms with Crippen LogP contribution in [-0.2, 0) is 17.8 Å². The maximum atomic E-state index is 11.1. The van der Waals surface area contributed by atoms with Crippen LogP contribution in [0, 0.1) is 0 Å². The van der Waals surface area contributed by atoms with Gasteiger partial charge in [0.1, 0.15) is 6.54 Å². The van der Waals surface area contributed by atoms with E-state index in [-0.39, 0.29) is 6.54 Å². The number of para-hydroxylation sites is 2. The molecule has 0 unspecified atom stereocenters. The molecule has 0 amide bonds. The molecule has 0 radical (unpaired) electrons. The van der Waals surface area contributed by atoms with Crippen LogP contribution in [-0.4, -0.2) is 17.6 Å². The van der Waals surface area contributed by atoms with Gasteiger partial charge in [0.25, 0.3) is 0 Å². The molecule has 0 atom stereocenters. The summed E-state index contributed by atoms with van der Waals surface area (Å²) in [5.41, 5.74) is 9.63. The van der Waals surface area contributed by atoms with E-state index < -0.39 is 5.97 Å². The van der Waals surface area contributed by atoms with Crippen molar-refractivity contribution in [3.8, 4) is 0 Å². The number of nitrogen functional groups attached to an aromatic ring is 1. The number of carbonyl (C=O) groups is 1. The minimum atomic E-state index is -0.872. The standard InChI is InChI=1S/C17H20N2O2/c1-2-13-7-9-14(10-8-13)11-19(12-17(20)21)16-6-4-3-5-15(16)18/h3-10H,2,11-12,18H2,1H3,(H,20,21). The van der Waals surface area contributed by atoms with Gasteiger partial charge in [-0.1, -0.05) is 43.3 Å². The largest absolute Gasteiger partial charge is 0.480 e. The molecule has 2 aromatic carbocycles. The van der Waals surface area contributed by atoms with Gasteiger partial charge < -0.3 is 15.7 Å². The van der Waals surface area contributed by atoms with E-state index in [0.29, 0.717) is 12.2 Å². The van der Waals surface area contributed by atoms with Crippen LogP contribution < -0.4 is 10.6 Å². The third-order valence-corrected chi connectivity index (χ3v) is 3.41. The van der Waals surface area contributed by atoms with Crippen LogP contribution in [0.25, 0.3) is 0 Å². The van der Waals surface area contributed by atoms with E-state index in [0.717, 1.165) is 17.7 Å². The van der Waals surface area contributed by atoms with Crippen LogP contribution in [0.2, 0.25) is 0 Å². The highest BCUT2D eigenvalue weighted by Gasteiger charge is 2.13. The van der Waals surface area contributed by atoms with Gasteiger partial charge in [-0.05, 0) is 29.7 Å². The molecule has 0 bridgehead atoms. The molecule has 0 heterocycles.